The van der Waals surface area contributed by atoms with Gasteiger partial charge in [-0.25, -0.2) is 0 Å². The van der Waals surface area contributed by atoms with Gasteiger partial charge in [0.25, 0.3) is 11.6 Å². The predicted molar refractivity (Wildman–Crippen MR) is 95.3 cm³/mol. The second-order valence-electron chi connectivity index (χ2n) is 5.58. The first-order valence-corrected chi connectivity index (χ1v) is 8.43. The minimum atomic E-state index is -0.494. The van der Waals surface area contributed by atoms with Crippen LogP contribution >= 0.6 is 11.3 Å². The lowest BCUT2D eigenvalue weighted by molar-refractivity contribution is -0.385. The van der Waals surface area contributed by atoms with Crippen molar-refractivity contribution in [1.82, 2.24) is 5.32 Å². The van der Waals surface area contributed by atoms with E-state index < -0.39 is 4.92 Å². The first-order valence-electron chi connectivity index (χ1n) is 7.62. The van der Waals surface area contributed by atoms with Gasteiger partial charge in [0, 0.05) is 30.5 Å². The summed E-state index contributed by atoms with van der Waals surface area (Å²) in [6, 6.07) is 8.44. The van der Waals surface area contributed by atoms with E-state index in [1.807, 2.05) is 17.0 Å². The molecule has 1 aromatic heterocycles. The van der Waals surface area contributed by atoms with Crippen molar-refractivity contribution in [2.24, 2.45) is 0 Å². The molecule has 2 N–H and O–H groups in total. The fourth-order valence-electron chi connectivity index (χ4n) is 2.57. The second-order valence-corrected chi connectivity index (χ2v) is 6.84. The molecule has 0 unspecified atom stereocenters. The Morgan fingerprint density at radius 1 is 1.36 bits per heavy atom. The van der Waals surface area contributed by atoms with Crippen molar-refractivity contribution in [3.8, 4) is 0 Å². The Morgan fingerprint density at radius 3 is 2.68 bits per heavy atom. The topological polar surface area (TPSA) is 105 Å². The molecule has 2 amide bonds. The number of thiophene rings is 1. The van der Waals surface area contributed by atoms with Crippen molar-refractivity contribution < 1.29 is 14.5 Å². The highest BCUT2D eigenvalue weighted by Gasteiger charge is 2.20. The van der Waals surface area contributed by atoms with Gasteiger partial charge in [0.05, 0.1) is 21.2 Å². The Hall–Kier alpha value is -2.94. The van der Waals surface area contributed by atoms with E-state index in [9.17, 15) is 19.7 Å². The van der Waals surface area contributed by atoms with E-state index in [4.69, 9.17) is 0 Å². The zero-order chi connectivity index (χ0) is 18.0. The van der Waals surface area contributed by atoms with Crippen LogP contribution in [-0.2, 0) is 4.79 Å². The van der Waals surface area contributed by atoms with Gasteiger partial charge >= 0.3 is 0 Å². The molecule has 25 heavy (non-hydrogen) atoms. The van der Waals surface area contributed by atoms with E-state index >= 15 is 0 Å². The van der Waals surface area contributed by atoms with Gasteiger partial charge in [0.1, 0.15) is 0 Å². The smallest absolute Gasteiger partial charge is 0.283 e. The van der Waals surface area contributed by atoms with Gasteiger partial charge in [0.2, 0.25) is 5.91 Å². The van der Waals surface area contributed by atoms with Gasteiger partial charge in [-0.2, -0.15) is 0 Å². The van der Waals surface area contributed by atoms with E-state index in [0.29, 0.717) is 28.5 Å². The number of hydrogen-bond donors (Lipinski definition) is 2. The third-order valence-corrected chi connectivity index (χ3v) is 4.88. The number of carbonyl (C=O) groups excluding carboxylic acids is 2. The average Bonchev–Trinajstić information content (AvgIpc) is 2.98. The molecule has 1 aromatic carbocycles. The van der Waals surface area contributed by atoms with Crippen molar-refractivity contribution in [2.45, 2.75) is 6.92 Å². The SMILES string of the molecule is Cc1sc(C(=O)Nc2ccc(N3CCNC(=O)C3)cc2)cc1[N+](=O)[O-]. The molecule has 8 nitrogen and oxygen atoms in total. The molecule has 0 radical (unpaired) electrons. The van der Waals surface area contributed by atoms with E-state index in [0.717, 1.165) is 23.6 Å². The Kier molecular flexibility index (Phi) is 4.66. The number of nitrogens with one attached hydrogen (secondary N) is 2. The zero-order valence-electron chi connectivity index (χ0n) is 13.4. The van der Waals surface area contributed by atoms with Gasteiger partial charge in [0.15, 0.2) is 0 Å². The lowest BCUT2D eigenvalue weighted by Gasteiger charge is -2.28. The molecule has 2 aromatic rings. The highest BCUT2D eigenvalue weighted by molar-refractivity contribution is 7.14. The molecule has 0 aliphatic carbocycles. The van der Waals surface area contributed by atoms with Crippen molar-refractivity contribution in [2.75, 3.05) is 29.9 Å². The zero-order valence-corrected chi connectivity index (χ0v) is 14.3. The van der Waals surface area contributed by atoms with Crippen LogP contribution < -0.4 is 15.5 Å². The summed E-state index contributed by atoms with van der Waals surface area (Å²) >= 11 is 1.09. The summed E-state index contributed by atoms with van der Waals surface area (Å²) in [4.78, 5) is 36.8. The summed E-state index contributed by atoms with van der Waals surface area (Å²) in [5, 5.41) is 16.4. The fourth-order valence-corrected chi connectivity index (χ4v) is 3.46. The van der Waals surface area contributed by atoms with Gasteiger partial charge in [-0.1, -0.05) is 0 Å². The summed E-state index contributed by atoms with van der Waals surface area (Å²) in [6.45, 7) is 3.26. The highest BCUT2D eigenvalue weighted by Crippen LogP contribution is 2.28. The van der Waals surface area contributed by atoms with Crippen molar-refractivity contribution in [3.63, 3.8) is 0 Å². The number of benzene rings is 1. The van der Waals surface area contributed by atoms with Gasteiger partial charge in [-0.15, -0.1) is 11.3 Å². The molecular formula is C16H16N4O4S. The van der Waals surface area contributed by atoms with Crippen LogP contribution in [0.5, 0.6) is 0 Å². The number of amides is 2. The number of nitro groups is 1. The summed E-state index contributed by atoms with van der Waals surface area (Å²) in [5.74, 6) is -0.399. The van der Waals surface area contributed by atoms with Crippen molar-refractivity contribution in [1.29, 1.82) is 0 Å². The van der Waals surface area contributed by atoms with Crippen LogP contribution in [0.1, 0.15) is 14.5 Å². The monoisotopic (exact) mass is 360 g/mol. The molecule has 2 heterocycles. The summed E-state index contributed by atoms with van der Waals surface area (Å²) in [6.07, 6.45) is 0. The number of aryl methyl sites for hydroxylation is 1. The number of rotatable bonds is 4. The number of piperazine rings is 1. The molecule has 3 rings (SSSR count). The minimum absolute atomic E-state index is 0.0155. The number of nitrogens with zero attached hydrogens (tertiary/aromatic N) is 2. The largest absolute Gasteiger partial charge is 0.360 e. The molecule has 0 spiro atoms. The molecule has 130 valence electrons. The normalized spacial score (nSPS) is 14.1. The maximum absolute atomic E-state index is 12.2. The van der Waals surface area contributed by atoms with Gasteiger partial charge < -0.3 is 15.5 Å². The quantitative estimate of drug-likeness (QED) is 0.642. The lowest BCUT2D eigenvalue weighted by Crippen LogP contribution is -2.47. The lowest BCUT2D eigenvalue weighted by atomic mass is 10.2. The van der Waals surface area contributed by atoms with Crippen LogP contribution in [0.4, 0.5) is 17.1 Å². The summed E-state index contributed by atoms with van der Waals surface area (Å²) < 4.78 is 0. The van der Waals surface area contributed by atoms with Crippen LogP contribution in [0.15, 0.2) is 30.3 Å². The first-order chi connectivity index (χ1) is 11.9. The maximum atomic E-state index is 12.2. The average molecular weight is 360 g/mol. The van der Waals surface area contributed by atoms with Crippen LogP contribution in [0.25, 0.3) is 0 Å². The molecule has 1 fully saturated rings. The van der Waals surface area contributed by atoms with E-state index in [1.54, 1.807) is 19.1 Å². The predicted octanol–water partition coefficient (Wildman–Crippen LogP) is 2.15. The van der Waals surface area contributed by atoms with E-state index in [2.05, 4.69) is 10.6 Å². The van der Waals surface area contributed by atoms with E-state index in [-0.39, 0.29) is 17.5 Å². The Balaban J connectivity index is 1.68. The molecule has 9 heteroatoms. The van der Waals surface area contributed by atoms with Crippen molar-refractivity contribution >= 4 is 40.2 Å². The van der Waals surface area contributed by atoms with Crippen LogP contribution in [-0.4, -0.2) is 36.4 Å². The number of hydrogen-bond acceptors (Lipinski definition) is 6. The van der Waals surface area contributed by atoms with Gasteiger partial charge in [-0.05, 0) is 31.2 Å². The highest BCUT2D eigenvalue weighted by atomic mass is 32.1. The van der Waals surface area contributed by atoms with Crippen LogP contribution in [0, 0.1) is 17.0 Å². The summed E-state index contributed by atoms with van der Waals surface area (Å²) in [5.41, 5.74) is 1.44. The molecular weight excluding hydrogens is 344 g/mol. The maximum Gasteiger partial charge on any atom is 0.283 e. The fraction of sp³-hybridized carbons (Fsp3) is 0.250. The third kappa shape index (κ3) is 3.77. The Morgan fingerprint density at radius 2 is 2.08 bits per heavy atom. The number of anilines is 2. The molecule has 0 bridgehead atoms. The number of carbonyl (C=O) groups is 2. The Bertz CT molecular complexity index is 831. The second kappa shape index (κ2) is 6.89. The third-order valence-electron chi connectivity index (χ3n) is 3.84. The minimum Gasteiger partial charge on any atom is -0.360 e. The van der Waals surface area contributed by atoms with Crippen LogP contribution in [0.2, 0.25) is 0 Å². The van der Waals surface area contributed by atoms with Crippen molar-refractivity contribution in [3.05, 3.63) is 50.2 Å². The molecule has 1 saturated heterocycles. The summed E-state index contributed by atoms with van der Waals surface area (Å²) in [7, 11) is 0. The molecule has 0 atom stereocenters. The van der Waals surface area contributed by atoms with E-state index in [1.165, 1.54) is 6.07 Å². The van der Waals surface area contributed by atoms with Crippen LogP contribution in [0.3, 0.4) is 0 Å². The Labute approximate surface area is 147 Å². The molecule has 0 saturated carbocycles. The standard InChI is InChI=1S/C16H16N4O4S/c1-10-13(20(23)24)8-14(25-10)16(22)18-11-2-4-12(5-3-11)19-7-6-17-15(21)9-19/h2-5,8H,6-7,9H2,1H3,(H,17,21)(H,18,22). The van der Waals surface area contributed by atoms with Gasteiger partial charge in [-0.3, -0.25) is 19.7 Å². The molecule has 1 aliphatic rings. The first kappa shape index (κ1) is 16.9. The molecule has 1 aliphatic heterocycles.